The normalized spacial score (nSPS) is 29.4. The van der Waals surface area contributed by atoms with Gasteiger partial charge in [0.1, 0.15) is 0 Å². The molecule has 1 saturated heterocycles. The van der Waals surface area contributed by atoms with Gasteiger partial charge in [-0.1, -0.05) is 0 Å². The van der Waals surface area contributed by atoms with E-state index in [-0.39, 0.29) is 11.8 Å². The molecule has 0 aromatic heterocycles. The first-order valence-electron chi connectivity index (χ1n) is 5.37. The highest BCUT2D eigenvalue weighted by molar-refractivity contribution is 5.79. The molecular weight excluding hydrogens is 164 g/mol. The molecule has 1 aliphatic carbocycles. The van der Waals surface area contributed by atoms with Crippen molar-refractivity contribution in [3.05, 3.63) is 0 Å². The second kappa shape index (κ2) is 4.09. The van der Waals surface area contributed by atoms with E-state index in [0.29, 0.717) is 6.04 Å². The molecule has 1 atom stereocenters. The molecule has 0 spiro atoms. The molecule has 2 fully saturated rings. The lowest BCUT2D eigenvalue weighted by Crippen LogP contribution is -2.46. The van der Waals surface area contributed by atoms with Crippen LogP contribution in [0.2, 0.25) is 0 Å². The van der Waals surface area contributed by atoms with Crippen LogP contribution in [0.4, 0.5) is 0 Å². The van der Waals surface area contributed by atoms with Gasteiger partial charge in [0.15, 0.2) is 0 Å². The zero-order valence-electron chi connectivity index (χ0n) is 8.01. The molecule has 3 heteroatoms. The third-order valence-corrected chi connectivity index (χ3v) is 3.12. The minimum atomic E-state index is 0.231. The molecule has 2 N–H and O–H groups in total. The monoisotopic (exact) mass is 182 g/mol. The van der Waals surface area contributed by atoms with Gasteiger partial charge in [0.25, 0.3) is 0 Å². The first-order valence-corrected chi connectivity index (χ1v) is 5.37. The maximum absolute atomic E-state index is 11.7. The Bertz CT molecular complexity index is 183. The molecular formula is C10H18N2O. The van der Waals surface area contributed by atoms with E-state index in [1.165, 1.54) is 19.3 Å². The molecule has 1 heterocycles. The molecule has 3 nitrogen and oxygen atoms in total. The molecule has 1 aliphatic heterocycles. The average Bonchev–Trinajstić information content (AvgIpc) is 2.12. The average molecular weight is 182 g/mol. The van der Waals surface area contributed by atoms with Crippen molar-refractivity contribution in [3.63, 3.8) is 0 Å². The van der Waals surface area contributed by atoms with Gasteiger partial charge in [0.2, 0.25) is 5.91 Å². The summed E-state index contributed by atoms with van der Waals surface area (Å²) in [5.41, 5.74) is 0. The fourth-order valence-corrected chi connectivity index (χ4v) is 1.95. The minimum absolute atomic E-state index is 0.231. The summed E-state index contributed by atoms with van der Waals surface area (Å²) in [6.07, 6.45) is 5.86. The second-order valence-corrected chi connectivity index (χ2v) is 4.18. The van der Waals surface area contributed by atoms with Crippen molar-refractivity contribution in [1.29, 1.82) is 0 Å². The number of amides is 1. The Balaban J connectivity index is 1.74. The van der Waals surface area contributed by atoms with Gasteiger partial charge >= 0.3 is 0 Å². The number of hydrogen-bond donors (Lipinski definition) is 2. The summed E-state index contributed by atoms with van der Waals surface area (Å²) in [6, 6.07) is 0.495. The molecule has 1 amide bonds. The molecule has 13 heavy (non-hydrogen) atoms. The Kier molecular flexibility index (Phi) is 2.83. The molecule has 74 valence electrons. The van der Waals surface area contributed by atoms with E-state index in [0.717, 1.165) is 25.9 Å². The lowest BCUT2D eigenvalue weighted by Gasteiger charge is -2.30. The summed E-state index contributed by atoms with van der Waals surface area (Å²) in [7, 11) is 0. The molecule has 0 bridgehead atoms. The highest BCUT2D eigenvalue weighted by Gasteiger charge is 2.25. The third-order valence-electron chi connectivity index (χ3n) is 3.12. The predicted octanol–water partition coefficient (Wildman–Crippen LogP) is 0.655. The highest BCUT2D eigenvalue weighted by Crippen LogP contribution is 2.19. The van der Waals surface area contributed by atoms with Crippen LogP contribution >= 0.6 is 0 Å². The fourth-order valence-electron chi connectivity index (χ4n) is 1.95. The Morgan fingerprint density at radius 2 is 2.08 bits per heavy atom. The molecule has 0 aromatic carbocycles. The summed E-state index contributed by atoms with van der Waals surface area (Å²) >= 11 is 0. The van der Waals surface area contributed by atoms with Crippen LogP contribution in [-0.2, 0) is 4.79 Å². The van der Waals surface area contributed by atoms with Crippen LogP contribution in [0.25, 0.3) is 0 Å². The van der Waals surface area contributed by atoms with Gasteiger partial charge in [-0.15, -0.1) is 0 Å². The standard InChI is InChI=1S/C10H18N2O/c13-10(12-9-4-1-5-9)8-3-2-6-11-7-8/h8-9,11H,1-7H2,(H,12,13)/t8-/m1/s1. The van der Waals surface area contributed by atoms with Crippen LogP contribution in [0.15, 0.2) is 0 Å². The van der Waals surface area contributed by atoms with Crippen LogP contribution in [0.3, 0.4) is 0 Å². The third kappa shape index (κ3) is 2.21. The van der Waals surface area contributed by atoms with Gasteiger partial charge in [0, 0.05) is 12.6 Å². The Labute approximate surface area is 79.3 Å². The summed E-state index contributed by atoms with van der Waals surface area (Å²) in [6.45, 7) is 1.95. The van der Waals surface area contributed by atoms with Crippen molar-refractivity contribution in [2.24, 2.45) is 5.92 Å². The molecule has 2 aliphatic rings. The first-order chi connectivity index (χ1) is 6.36. The summed E-state index contributed by atoms with van der Waals surface area (Å²) in [5, 5.41) is 6.37. The Hall–Kier alpha value is -0.570. The van der Waals surface area contributed by atoms with Gasteiger partial charge in [0.05, 0.1) is 5.92 Å². The van der Waals surface area contributed by atoms with E-state index in [4.69, 9.17) is 0 Å². The van der Waals surface area contributed by atoms with Crippen LogP contribution in [0.1, 0.15) is 32.1 Å². The summed E-state index contributed by atoms with van der Waals surface area (Å²) in [4.78, 5) is 11.7. The largest absolute Gasteiger partial charge is 0.353 e. The maximum Gasteiger partial charge on any atom is 0.224 e. The number of nitrogens with one attached hydrogen (secondary N) is 2. The van der Waals surface area contributed by atoms with E-state index in [1.54, 1.807) is 0 Å². The van der Waals surface area contributed by atoms with Crippen molar-refractivity contribution in [3.8, 4) is 0 Å². The van der Waals surface area contributed by atoms with Gasteiger partial charge < -0.3 is 10.6 Å². The smallest absolute Gasteiger partial charge is 0.224 e. The lowest BCUT2D eigenvalue weighted by molar-refractivity contribution is -0.126. The molecule has 0 radical (unpaired) electrons. The van der Waals surface area contributed by atoms with Crippen LogP contribution < -0.4 is 10.6 Å². The van der Waals surface area contributed by atoms with Crippen molar-refractivity contribution >= 4 is 5.91 Å². The van der Waals surface area contributed by atoms with Gasteiger partial charge in [-0.2, -0.15) is 0 Å². The van der Waals surface area contributed by atoms with E-state index in [2.05, 4.69) is 10.6 Å². The zero-order valence-corrected chi connectivity index (χ0v) is 8.01. The van der Waals surface area contributed by atoms with Crippen molar-refractivity contribution in [1.82, 2.24) is 10.6 Å². The molecule has 0 unspecified atom stereocenters. The zero-order chi connectivity index (χ0) is 9.10. The predicted molar refractivity (Wildman–Crippen MR) is 51.4 cm³/mol. The van der Waals surface area contributed by atoms with Crippen LogP contribution in [0, 0.1) is 5.92 Å². The Morgan fingerprint density at radius 3 is 2.62 bits per heavy atom. The number of carbonyl (C=O) groups is 1. The van der Waals surface area contributed by atoms with Crippen molar-refractivity contribution < 1.29 is 4.79 Å². The van der Waals surface area contributed by atoms with Gasteiger partial charge in [-0.25, -0.2) is 0 Å². The topological polar surface area (TPSA) is 41.1 Å². The van der Waals surface area contributed by atoms with E-state index < -0.39 is 0 Å². The highest BCUT2D eigenvalue weighted by atomic mass is 16.2. The van der Waals surface area contributed by atoms with Crippen molar-refractivity contribution in [2.45, 2.75) is 38.1 Å². The number of piperidine rings is 1. The van der Waals surface area contributed by atoms with Crippen LogP contribution in [-0.4, -0.2) is 25.0 Å². The van der Waals surface area contributed by atoms with E-state index >= 15 is 0 Å². The lowest BCUT2D eigenvalue weighted by atomic mass is 9.91. The second-order valence-electron chi connectivity index (χ2n) is 4.18. The van der Waals surface area contributed by atoms with Crippen LogP contribution in [0.5, 0.6) is 0 Å². The number of hydrogen-bond acceptors (Lipinski definition) is 2. The molecule has 1 saturated carbocycles. The van der Waals surface area contributed by atoms with Crippen molar-refractivity contribution in [2.75, 3.05) is 13.1 Å². The van der Waals surface area contributed by atoms with Gasteiger partial charge in [-0.05, 0) is 38.6 Å². The number of carbonyl (C=O) groups excluding carboxylic acids is 1. The van der Waals surface area contributed by atoms with E-state index in [9.17, 15) is 4.79 Å². The van der Waals surface area contributed by atoms with E-state index in [1.807, 2.05) is 0 Å². The quantitative estimate of drug-likeness (QED) is 0.658. The van der Waals surface area contributed by atoms with Gasteiger partial charge in [-0.3, -0.25) is 4.79 Å². The Morgan fingerprint density at radius 1 is 1.23 bits per heavy atom. The fraction of sp³-hybridized carbons (Fsp3) is 0.900. The minimum Gasteiger partial charge on any atom is -0.353 e. The molecule has 0 aromatic rings. The number of rotatable bonds is 2. The first kappa shape index (κ1) is 9.00. The maximum atomic E-state index is 11.7. The SMILES string of the molecule is O=C(NC1CCC1)[C@@H]1CCCNC1. The molecule has 2 rings (SSSR count). The summed E-state index contributed by atoms with van der Waals surface area (Å²) in [5.74, 6) is 0.506. The summed E-state index contributed by atoms with van der Waals surface area (Å²) < 4.78 is 0.